The number of rotatable bonds is 12. The van der Waals surface area contributed by atoms with Gasteiger partial charge in [-0.1, -0.05) is 65.0 Å². The van der Waals surface area contributed by atoms with E-state index in [2.05, 4.69) is 70.6 Å². The van der Waals surface area contributed by atoms with Crippen LogP contribution in [0.5, 0.6) is 5.88 Å². The van der Waals surface area contributed by atoms with Crippen molar-refractivity contribution in [1.82, 2.24) is 10.3 Å². The molecule has 1 aromatic heterocycles. The van der Waals surface area contributed by atoms with Crippen molar-refractivity contribution in [3.05, 3.63) is 59.8 Å². The molecule has 0 aliphatic heterocycles. The van der Waals surface area contributed by atoms with E-state index >= 15 is 0 Å². The molecule has 10 atom stereocenters. The molecule has 0 amide bonds. The van der Waals surface area contributed by atoms with Gasteiger partial charge in [0.1, 0.15) is 21.9 Å². The van der Waals surface area contributed by atoms with Gasteiger partial charge in [0.05, 0.1) is 17.5 Å². The van der Waals surface area contributed by atoms with E-state index in [-0.39, 0.29) is 45.0 Å². The molecule has 1 aromatic rings. The highest BCUT2D eigenvalue weighted by Gasteiger charge is 2.70. The molecule has 5 fully saturated rings. The number of carbonyl (C=O) groups excluding carboxylic acids is 1. The van der Waals surface area contributed by atoms with E-state index in [1.165, 1.54) is 74.3 Å². The van der Waals surface area contributed by atoms with Crippen LogP contribution in [0.15, 0.2) is 59.8 Å². The second-order valence-electron chi connectivity index (χ2n) is 23.2. The Morgan fingerprint density at radius 2 is 1.66 bits per heavy atom. The molecular weight excluding hydrogens is 793 g/mol. The SMILES string of the molecule is C=C(C)[C@@H]1CC[C@]2(NCC[C@]3(O)CC[C@@H](S(C)(=O)=O)CC3)CC[C@]3(C)[C@H](CC[C@@H]4[C@@]5(C)CC=C(C6=CCC(COc7ccccn7)(C(=O)OCC)CC6)C(C)(C)[C@@H]5CC[C@]43C)[C@@H]12. The fraction of sp³-hybridized carbons (Fsp3) is 0.774. The van der Waals surface area contributed by atoms with E-state index in [0.717, 1.165) is 19.4 Å². The van der Waals surface area contributed by atoms with Gasteiger partial charge in [-0.05, 0) is 198 Å². The quantitative estimate of drug-likeness (QED) is 0.158. The zero-order chi connectivity index (χ0) is 44.6. The van der Waals surface area contributed by atoms with Gasteiger partial charge in [-0.2, -0.15) is 0 Å². The summed E-state index contributed by atoms with van der Waals surface area (Å²) in [5, 5.41) is 15.5. The number of sulfone groups is 1. The number of nitrogens with zero attached hydrogens (tertiary/aromatic N) is 1. The maximum Gasteiger partial charge on any atom is 0.315 e. The predicted octanol–water partition coefficient (Wildman–Crippen LogP) is 10.8. The Kier molecular flexibility index (Phi) is 12.2. The fourth-order valence-electron chi connectivity index (χ4n) is 16.4. The number of esters is 1. The fourth-order valence-corrected chi connectivity index (χ4v) is 17.5. The second-order valence-corrected chi connectivity index (χ2v) is 25.5. The van der Waals surface area contributed by atoms with Crippen molar-refractivity contribution in [3.8, 4) is 5.88 Å². The average Bonchev–Trinajstić information content (AvgIpc) is 3.61. The monoisotopic (exact) mass is 873 g/mol. The minimum Gasteiger partial charge on any atom is -0.476 e. The Balaban J connectivity index is 1.00. The van der Waals surface area contributed by atoms with Crippen molar-refractivity contribution in [2.24, 2.45) is 56.7 Å². The molecule has 1 heterocycles. The molecule has 0 bridgehead atoms. The standard InChI is InChI=1S/C53H80N2O6S/c1-10-60-46(56)51(35-61-44-13-11-12-33-54-44)25-16-37(17-26-51)40-21-23-48(6)42(47(40,4)5)22-24-50(8)43(48)15-14-41-45-39(36(2)3)20-29-53(45,31-30-49(41,50)7)55-34-32-52(57)27-18-38(19-28-52)62(9,58)59/h11-13,16,21,33,38-39,41-43,45,55,57H,2,10,14-15,17-20,22-32,34-35H2,1,3-9H3/t38-,39-,41+,42-,43+,45+,48-,49+,50+,51?,52+,53-/m0/s1. The normalized spacial score (nSPS) is 42.5. The molecule has 7 aliphatic rings. The topological polar surface area (TPSA) is 115 Å². The van der Waals surface area contributed by atoms with E-state index in [9.17, 15) is 18.3 Å². The van der Waals surface area contributed by atoms with Crippen LogP contribution in [0.3, 0.4) is 0 Å². The van der Waals surface area contributed by atoms with Crippen LogP contribution < -0.4 is 10.1 Å². The Morgan fingerprint density at radius 3 is 2.31 bits per heavy atom. The van der Waals surface area contributed by atoms with Crippen LogP contribution in [-0.2, 0) is 19.4 Å². The third-order valence-electron chi connectivity index (χ3n) is 20.0. The summed E-state index contributed by atoms with van der Waals surface area (Å²) in [4.78, 5) is 17.9. The summed E-state index contributed by atoms with van der Waals surface area (Å²) in [5.41, 5.74) is 3.50. The first-order chi connectivity index (χ1) is 29.2. The summed E-state index contributed by atoms with van der Waals surface area (Å²) >= 11 is 0. The van der Waals surface area contributed by atoms with Crippen LogP contribution in [0.4, 0.5) is 0 Å². The summed E-state index contributed by atoms with van der Waals surface area (Å²) in [7, 11) is -3.07. The van der Waals surface area contributed by atoms with Crippen molar-refractivity contribution in [2.75, 3.05) is 26.0 Å². The number of hydrogen-bond acceptors (Lipinski definition) is 8. The Labute approximate surface area is 374 Å². The largest absolute Gasteiger partial charge is 0.476 e. The molecule has 8 nitrogen and oxygen atoms in total. The average molecular weight is 873 g/mol. The zero-order valence-electron chi connectivity index (χ0n) is 39.6. The van der Waals surface area contributed by atoms with Gasteiger partial charge in [0, 0.05) is 24.1 Å². The smallest absolute Gasteiger partial charge is 0.315 e. The molecule has 8 rings (SSSR count). The lowest BCUT2D eigenvalue weighted by Gasteiger charge is -2.72. The molecule has 9 heteroatoms. The number of carbonyl (C=O) groups is 1. The van der Waals surface area contributed by atoms with Gasteiger partial charge in [0.25, 0.3) is 0 Å². The third kappa shape index (κ3) is 7.59. The first kappa shape index (κ1) is 46.1. The van der Waals surface area contributed by atoms with Crippen LogP contribution >= 0.6 is 0 Å². The number of allylic oxidation sites excluding steroid dienone is 5. The summed E-state index contributed by atoms with van der Waals surface area (Å²) in [5.74, 6) is 3.28. The number of nitrogens with one attached hydrogen (secondary N) is 1. The predicted molar refractivity (Wildman–Crippen MR) is 248 cm³/mol. The van der Waals surface area contributed by atoms with Crippen LogP contribution in [0, 0.1) is 56.7 Å². The highest BCUT2D eigenvalue weighted by atomic mass is 32.2. The molecule has 0 radical (unpaired) electrons. The summed E-state index contributed by atoms with van der Waals surface area (Å²) in [6.07, 6.45) is 24.1. The third-order valence-corrected chi connectivity index (χ3v) is 21.7. The lowest BCUT2D eigenvalue weighted by atomic mass is 9.33. The van der Waals surface area contributed by atoms with E-state index in [1.807, 2.05) is 25.1 Å². The van der Waals surface area contributed by atoms with Crippen molar-refractivity contribution >= 4 is 15.8 Å². The lowest BCUT2D eigenvalue weighted by Crippen LogP contribution is -2.68. The number of aliphatic hydroxyl groups is 1. The van der Waals surface area contributed by atoms with Gasteiger partial charge in [-0.15, -0.1) is 0 Å². The molecule has 0 saturated heterocycles. The maximum absolute atomic E-state index is 13.6. The number of aromatic nitrogens is 1. The minimum absolute atomic E-state index is 0.0164. The number of fused-ring (bicyclic) bond motifs is 7. The van der Waals surface area contributed by atoms with Gasteiger partial charge >= 0.3 is 5.97 Å². The van der Waals surface area contributed by atoms with Crippen LogP contribution in [0.1, 0.15) is 158 Å². The van der Waals surface area contributed by atoms with Gasteiger partial charge in [0.15, 0.2) is 0 Å². The summed E-state index contributed by atoms with van der Waals surface area (Å²) < 4.78 is 36.3. The molecule has 62 heavy (non-hydrogen) atoms. The Morgan fingerprint density at radius 1 is 0.903 bits per heavy atom. The molecule has 5 saturated carbocycles. The van der Waals surface area contributed by atoms with E-state index in [0.29, 0.717) is 87.0 Å². The van der Waals surface area contributed by atoms with Crippen molar-refractivity contribution in [1.29, 1.82) is 0 Å². The van der Waals surface area contributed by atoms with Gasteiger partial charge in [-0.3, -0.25) is 4.79 Å². The summed E-state index contributed by atoms with van der Waals surface area (Å²) in [6, 6.07) is 5.62. The zero-order valence-corrected chi connectivity index (χ0v) is 40.4. The molecule has 1 unspecified atom stereocenters. The summed E-state index contributed by atoms with van der Waals surface area (Å²) in [6.45, 7) is 23.3. The van der Waals surface area contributed by atoms with Crippen molar-refractivity contribution in [2.45, 2.75) is 174 Å². The second kappa shape index (κ2) is 16.4. The van der Waals surface area contributed by atoms with Crippen LogP contribution in [-0.4, -0.2) is 66.9 Å². The van der Waals surface area contributed by atoms with Gasteiger partial charge < -0.3 is 19.9 Å². The van der Waals surface area contributed by atoms with Gasteiger partial charge in [-0.25, -0.2) is 13.4 Å². The highest BCUT2D eigenvalue weighted by molar-refractivity contribution is 7.91. The molecule has 2 N–H and O–H groups in total. The Hall–Kier alpha value is -2.49. The highest BCUT2D eigenvalue weighted by Crippen LogP contribution is 2.76. The minimum atomic E-state index is -3.07. The first-order valence-electron chi connectivity index (χ1n) is 24.6. The number of hydrogen-bond donors (Lipinski definition) is 2. The van der Waals surface area contributed by atoms with E-state index in [1.54, 1.807) is 6.20 Å². The van der Waals surface area contributed by atoms with E-state index in [4.69, 9.17) is 9.47 Å². The molecule has 0 aromatic carbocycles. The first-order valence-corrected chi connectivity index (χ1v) is 26.6. The van der Waals surface area contributed by atoms with E-state index < -0.39 is 20.9 Å². The molecular formula is C53H80N2O6S. The van der Waals surface area contributed by atoms with Crippen LogP contribution in [0.25, 0.3) is 0 Å². The number of ether oxygens (including phenoxy) is 2. The Bertz CT molecular complexity index is 2040. The number of pyridine rings is 1. The molecule has 344 valence electrons. The van der Waals surface area contributed by atoms with Crippen molar-refractivity contribution < 1.29 is 27.8 Å². The molecule has 7 aliphatic carbocycles. The maximum atomic E-state index is 13.6. The van der Waals surface area contributed by atoms with Gasteiger partial charge in [0.2, 0.25) is 5.88 Å². The van der Waals surface area contributed by atoms with Crippen LogP contribution in [0.2, 0.25) is 0 Å². The van der Waals surface area contributed by atoms with Crippen molar-refractivity contribution in [3.63, 3.8) is 0 Å². The molecule has 0 spiro atoms. The lowest BCUT2D eigenvalue weighted by molar-refractivity contribution is -0.221.